The number of ether oxygens (including phenoxy) is 1. The van der Waals surface area contributed by atoms with Crippen LogP contribution in [-0.2, 0) is 9.53 Å². The van der Waals surface area contributed by atoms with Crippen molar-refractivity contribution in [3.8, 4) is 0 Å². The topological polar surface area (TPSA) is 66.8 Å². The summed E-state index contributed by atoms with van der Waals surface area (Å²) in [6.07, 6.45) is 9.32. The van der Waals surface area contributed by atoms with Crippen LogP contribution < -0.4 is 0 Å². The summed E-state index contributed by atoms with van der Waals surface area (Å²) in [5.41, 5.74) is 0.934. The number of methoxy groups -OCH3 is 1. The third-order valence-corrected chi connectivity index (χ3v) is 13.9. The minimum absolute atomic E-state index is 0.00132. The molecule has 0 saturated heterocycles. The Kier molecular flexibility index (Phi) is 6.17. The van der Waals surface area contributed by atoms with Crippen molar-refractivity contribution < 1.29 is 19.7 Å². The van der Waals surface area contributed by atoms with E-state index >= 15 is 0 Å². The van der Waals surface area contributed by atoms with Gasteiger partial charge in [0.2, 0.25) is 0 Å². The number of rotatable bonds is 6. The van der Waals surface area contributed by atoms with E-state index in [2.05, 4.69) is 41.2 Å². The molecule has 4 nitrogen and oxygen atoms in total. The van der Waals surface area contributed by atoms with E-state index in [1.165, 1.54) is 38.4 Å². The quantitative estimate of drug-likeness (QED) is 0.321. The summed E-state index contributed by atoms with van der Waals surface area (Å²) in [6, 6.07) is 0. The fraction of sp³-hybridized carbons (Fsp3) is 0.906. The third kappa shape index (κ3) is 3.04. The Morgan fingerprint density at radius 3 is 2.28 bits per heavy atom. The normalized spacial score (nSPS) is 52.0. The Bertz CT molecular complexity index is 927. The van der Waals surface area contributed by atoms with Crippen LogP contribution in [0, 0.1) is 56.7 Å². The predicted molar refractivity (Wildman–Crippen MR) is 143 cm³/mol. The summed E-state index contributed by atoms with van der Waals surface area (Å²) >= 11 is 0. The molecule has 0 aliphatic heterocycles. The van der Waals surface area contributed by atoms with Crippen LogP contribution in [0.25, 0.3) is 0 Å². The summed E-state index contributed by atoms with van der Waals surface area (Å²) in [5, 5.41) is 22.6. The minimum atomic E-state index is -0.921. The average Bonchev–Trinajstić information content (AvgIpc) is 3.45. The summed E-state index contributed by atoms with van der Waals surface area (Å²) in [4.78, 5) is 13.1. The number of fused-ring (bicyclic) bond motifs is 2. The zero-order valence-corrected chi connectivity index (χ0v) is 24.0. The fourth-order valence-corrected chi connectivity index (χ4v) is 11.4. The molecule has 0 radical (unpaired) electrons. The highest BCUT2D eigenvalue weighted by Gasteiger charge is 2.85. The first-order chi connectivity index (χ1) is 16.8. The van der Waals surface area contributed by atoms with E-state index in [0.717, 1.165) is 38.0 Å². The van der Waals surface area contributed by atoms with Crippen LogP contribution in [-0.4, -0.2) is 35.5 Å². The first-order valence-corrected chi connectivity index (χ1v) is 14.9. The molecule has 2 spiro atoms. The zero-order chi connectivity index (χ0) is 26.5. The molecule has 5 fully saturated rings. The van der Waals surface area contributed by atoms with Crippen molar-refractivity contribution in [2.45, 2.75) is 118 Å². The van der Waals surface area contributed by atoms with Crippen molar-refractivity contribution in [2.24, 2.45) is 56.7 Å². The molecule has 0 aromatic rings. The maximum Gasteiger partial charge on any atom is 0.314 e. The maximum atomic E-state index is 13.1. The Balaban J connectivity index is 1.44. The van der Waals surface area contributed by atoms with Crippen molar-refractivity contribution in [3.05, 3.63) is 12.2 Å². The summed E-state index contributed by atoms with van der Waals surface area (Å²) in [5.74, 6) is 2.30. The van der Waals surface area contributed by atoms with Crippen LogP contribution in [0.15, 0.2) is 12.2 Å². The molecule has 5 aliphatic rings. The van der Waals surface area contributed by atoms with E-state index in [9.17, 15) is 15.0 Å². The third-order valence-electron chi connectivity index (χ3n) is 13.9. The second kappa shape index (κ2) is 8.31. The van der Waals surface area contributed by atoms with Gasteiger partial charge in [-0.25, -0.2) is 0 Å². The van der Waals surface area contributed by atoms with Gasteiger partial charge in [0.25, 0.3) is 0 Å². The molecule has 5 aliphatic carbocycles. The van der Waals surface area contributed by atoms with E-state index < -0.39 is 17.6 Å². The van der Waals surface area contributed by atoms with E-state index in [1.54, 1.807) is 0 Å². The minimum Gasteiger partial charge on any atom is -0.469 e. The maximum absolute atomic E-state index is 13.1. The lowest BCUT2D eigenvalue weighted by Gasteiger charge is -2.63. The number of aliphatic hydroxyl groups excluding tert-OH is 2. The fourth-order valence-electron chi connectivity index (χ4n) is 11.4. The summed E-state index contributed by atoms with van der Waals surface area (Å²) in [7, 11) is 1.44. The molecule has 204 valence electrons. The van der Waals surface area contributed by atoms with Gasteiger partial charge in [-0.05, 0) is 111 Å². The zero-order valence-electron chi connectivity index (χ0n) is 24.0. The monoisotopic (exact) mass is 500 g/mol. The molecule has 0 heterocycles. The van der Waals surface area contributed by atoms with E-state index in [1.807, 2.05) is 6.92 Å². The Hall–Kier alpha value is -0.870. The van der Waals surface area contributed by atoms with Gasteiger partial charge < -0.3 is 14.9 Å². The molecule has 4 heteroatoms. The number of aliphatic hydroxyl groups is 2. The first-order valence-electron chi connectivity index (χ1n) is 14.9. The number of carbonyl (C=O) groups is 1. The van der Waals surface area contributed by atoms with E-state index in [-0.39, 0.29) is 28.1 Å². The van der Waals surface area contributed by atoms with Crippen molar-refractivity contribution in [2.75, 3.05) is 7.11 Å². The van der Waals surface area contributed by atoms with Crippen LogP contribution >= 0.6 is 0 Å². The molecule has 0 aromatic heterocycles. The Labute approximate surface area is 219 Å². The predicted octanol–water partition coefficient (Wildman–Crippen LogP) is 6.54. The van der Waals surface area contributed by atoms with Crippen molar-refractivity contribution in [3.63, 3.8) is 0 Å². The lowest BCUT2D eigenvalue weighted by Crippen LogP contribution is -2.63. The molecular weight excluding hydrogens is 448 g/mol. The first kappa shape index (κ1) is 26.7. The lowest BCUT2D eigenvalue weighted by molar-refractivity contribution is -0.212. The van der Waals surface area contributed by atoms with Gasteiger partial charge in [0.05, 0.1) is 24.7 Å². The number of esters is 1. The molecule has 11 atom stereocenters. The SMILES string of the molecule is C=C(CCC(C)C1CCC2(C)C3CCC4C(C)(C(=O)OC)C(O)CC(O)C45CC35CCC12C)C(C)C. The molecule has 2 N–H and O–H groups in total. The van der Waals surface area contributed by atoms with Gasteiger partial charge in [0, 0.05) is 11.8 Å². The Morgan fingerprint density at radius 2 is 1.64 bits per heavy atom. The molecular formula is C32H52O4. The van der Waals surface area contributed by atoms with Crippen LogP contribution in [0.5, 0.6) is 0 Å². The average molecular weight is 501 g/mol. The molecule has 5 saturated carbocycles. The van der Waals surface area contributed by atoms with Crippen LogP contribution in [0.2, 0.25) is 0 Å². The Morgan fingerprint density at radius 1 is 0.972 bits per heavy atom. The highest BCUT2D eigenvalue weighted by Crippen LogP contribution is 2.89. The lowest BCUT2D eigenvalue weighted by atomic mass is 9.41. The number of allylic oxidation sites excluding steroid dienone is 1. The van der Waals surface area contributed by atoms with Gasteiger partial charge >= 0.3 is 5.97 Å². The number of hydrogen-bond acceptors (Lipinski definition) is 4. The second-order valence-electron chi connectivity index (χ2n) is 14.9. The molecule has 36 heavy (non-hydrogen) atoms. The second-order valence-corrected chi connectivity index (χ2v) is 14.9. The number of hydrogen-bond donors (Lipinski definition) is 2. The molecule has 0 amide bonds. The molecule has 0 aromatic carbocycles. The summed E-state index contributed by atoms with van der Waals surface area (Å²) in [6.45, 7) is 18.5. The smallest absolute Gasteiger partial charge is 0.314 e. The number of carbonyl (C=O) groups excluding carboxylic acids is 1. The van der Waals surface area contributed by atoms with Gasteiger partial charge in [0.15, 0.2) is 0 Å². The van der Waals surface area contributed by atoms with Crippen molar-refractivity contribution in [1.29, 1.82) is 0 Å². The van der Waals surface area contributed by atoms with Crippen LogP contribution in [0.1, 0.15) is 106 Å². The van der Waals surface area contributed by atoms with Gasteiger partial charge in [-0.15, -0.1) is 0 Å². The van der Waals surface area contributed by atoms with E-state index in [4.69, 9.17) is 4.74 Å². The van der Waals surface area contributed by atoms with Gasteiger partial charge in [-0.1, -0.05) is 46.8 Å². The van der Waals surface area contributed by atoms with Gasteiger partial charge in [0.1, 0.15) is 0 Å². The van der Waals surface area contributed by atoms with Crippen molar-refractivity contribution >= 4 is 5.97 Å². The highest BCUT2D eigenvalue weighted by atomic mass is 16.5. The largest absolute Gasteiger partial charge is 0.469 e. The standard InChI is InChI=1S/C32H52O4/c1-19(2)20(3)9-10-21(4)22-13-14-29(6)23-11-12-24-30(7,27(35)36-8)25(33)17-26(34)32(24)18-31(23,32)16-15-28(22,29)5/h19,21-26,33-34H,3,9-18H2,1-2,4-8H3. The molecule has 11 unspecified atom stereocenters. The summed E-state index contributed by atoms with van der Waals surface area (Å²) < 4.78 is 5.26. The van der Waals surface area contributed by atoms with E-state index in [0.29, 0.717) is 29.6 Å². The highest BCUT2D eigenvalue weighted by molar-refractivity contribution is 5.78. The van der Waals surface area contributed by atoms with Gasteiger partial charge in [-0.2, -0.15) is 0 Å². The molecule has 5 rings (SSSR count). The van der Waals surface area contributed by atoms with Gasteiger partial charge in [-0.3, -0.25) is 4.79 Å². The molecule has 0 bridgehead atoms. The van der Waals surface area contributed by atoms with Crippen LogP contribution in [0.3, 0.4) is 0 Å². The van der Waals surface area contributed by atoms with Crippen molar-refractivity contribution in [1.82, 2.24) is 0 Å². The van der Waals surface area contributed by atoms with Crippen LogP contribution in [0.4, 0.5) is 0 Å².